The molecule has 3 heterocycles. The number of nitrogens with two attached hydrogens (primary N) is 1. The van der Waals surface area contributed by atoms with Gasteiger partial charge in [0.15, 0.2) is 5.82 Å². The first-order valence-corrected chi connectivity index (χ1v) is 10.8. The minimum Gasteiger partial charge on any atom is -0.388 e. The summed E-state index contributed by atoms with van der Waals surface area (Å²) < 4.78 is 6.84. The van der Waals surface area contributed by atoms with E-state index in [1.807, 2.05) is 6.07 Å². The van der Waals surface area contributed by atoms with Crippen LogP contribution in [0.1, 0.15) is 41.4 Å². The van der Waals surface area contributed by atoms with Crippen LogP contribution in [0, 0.1) is 0 Å². The molecule has 0 aliphatic carbocycles. The molecule has 0 radical (unpaired) electrons. The maximum Gasteiger partial charge on any atom is 0.260 e. The minimum absolute atomic E-state index is 0. The molecule has 0 saturated heterocycles. The van der Waals surface area contributed by atoms with Crippen LogP contribution in [-0.4, -0.2) is 44.3 Å². The predicted octanol–water partition coefficient (Wildman–Crippen LogP) is 2.96. The number of H-pyrrole nitrogens is 1. The van der Waals surface area contributed by atoms with E-state index in [-0.39, 0.29) is 38.4 Å². The van der Waals surface area contributed by atoms with Gasteiger partial charge in [-0.05, 0) is 36.2 Å². The van der Waals surface area contributed by atoms with Crippen molar-refractivity contribution >= 4 is 28.8 Å². The molecule has 0 spiro atoms. The van der Waals surface area contributed by atoms with E-state index in [4.69, 9.17) is 22.1 Å². The summed E-state index contributed by atoms with van der Waals surface area (Å²) in [6.07, 6.45) is 2.32. The molecule has 1 amide bonds. The second-order valence-electron chi connectivity index (χ2n) is 7.64. The topological polar surface area (TPSA) is 148 Å². The van der Waals surface area contributed by atoms with E-state index in [9.17, 15) is 14.7 Å². The van der Waals surface area contributed by atoms with E-state index < -0.39 is 17.6 Å². The Morgan fingerprint density at radius 1 is 1.31 bits per heavy atom. The Hall–Kier alpha value is -3.73. The van der Waals surface area contributed by atoms with Gasteiger partial charge in [-0.3, -0.25) is 9.59 Å². The van der Waals surface area contributed by atoms with Crippen molar-refractivity contribution in [2.75, 3.05) is 19.4 Å². The molecular weight excluding hydrogens is 472 g/mol. The quantitative estimate of drug-likeness (QED) is 0.292. The van der Waals surface area contributed by atoms with Crippen LogP contribution in [0.5, 0.6) is 0 Å². The zero-order valence-corrected chi connectivity index (χ0v) is 19.0. The second kappa shape index (κ2) is 11.1. The van der Waals surface area contributed by atoms with Crippen LogP contribution < -0.4 is 16.6 Å². The van der Waals surface area contributed by atoms with Gasteiger partial charge in [0.25, 0.3) is 11.5 Å². The Morgan fingerprint density at radius 3 is 2.77 bits per heavy atom. The highest BCUT2D eigenvalue weighted by molar-refractivity contribution is 6.30. The fourth-order valence-corrected chi connectivity index (χ4v) is 3.81. The Morgan fingerprint density at radius 2 is 2.06 bits per heavy atom. The Labute approximate surface area is 206 Å². The van der Waals surface area contributed by atoms with Crippen LogP contribution in [0.4, 0.5) is 5.82 Å². The van der Waals surface area contributed by atoms with Gasteiger partial charge in [0, 0.05) is 36.0 Å². The van der Waals surface area contributed by atoms with Gasteiger partial charge >= 0.3 is 0 Å². The number of rotatable bonds is 8. The van der Waals surface area contributed by atoms with Crippen molar-refractivity contribution in [2.24, 2.45) is 0 Å². The molecule has 4 aromatic rings. The molecule has 0 aliphatic heterocycles. The number of pyridine rings is 1. The molecule has 0 unspecified atom stereocenters. The summed E-state index contributed by atoms with van der Waals surface area (Å²) in [7, 11) is 1.56. The molecule has 11 heteroatoms. The molecule has 4 rings (SSSR count). The molecule has 35 heavy (non-hydrogen) atoms. The van der Waals surface area contributed by atoms with Crippen LogP contribution in [0.25, 0.3) is 16.8 Å². The number of fused-ring (bicyclic) bond motifs is 1. The van der Waals surface area contributed by atoms with E-state index in [0.717, 1.165) is 5.56 Å². The average molecular weight is 499 g/mol. The summed E-state index contributed by atoms with van der Waals surface area (Å²) in [5.74, 6) is -0.270. The SMILES string of the molecule is C.COCc1cc(-c2c[nH]c(=O)c(C(=O)NCC[C@H](O)c3ccc(Cl)cc3)c2)n2ncnc(N)c12. The van der Waals surface area contributed by atoms with Crippen molar-refractivity contribution in [2.45, 2.75) is 26.6 Å². The number of carbonyl (C=O) groups is 1. The van der Waals surface area contributed by atoms with Crippen molar-refractivity contribution in [1.82, 2.24) is 24.9 Å². The van der Waals surface area contributed by atoms with E-state index in [1.165, 1.54) is 18.6 Å². The maximum absolute atomic E-state index is 12.7. The largest absolute Gasteiger partial charge is 0.388 e. The van der Waals surface area contributed by atoms with Crippen molar-refractivity contribution in [3.05, 3.63) is 81.0 Å². The molecule has 3 aromatic heterocycles. The van der Waals surface area contributed by atoms with Crippen molar-refractivity contribution in [3.63, 3.8) is 0 Å². The van der Waals surface area contributed by atoms with Gasteiger partial charge in [0.05, 0.1) is 18.4 Å². The van der Waals surface area contributed by atoms with Crippen LogP contribution in [0.2, 0.25) is 5.02 Å². The molecular formula is C24H27ClN6O4. The lowest BCUT2D eigenvalue weighted by Crippen LogP contribution is -2.30. The Kier molecular flexibility index (Phi) is 8.23. The van der Waals surface area contributed by atoms with Gasteiger partial charge < -0.3 is 25.9 Å². The lowest BCUT2D eigenvalue weighted by atomic mass is 10.1. The number of amides is 1. The number of benzene rings is 1. The summed E-state index contributed by atoms with van der Waals surface area (Å²) in [5.41, 5.74) is 8.64. The second-order valence-corrected chi connectivity index (χ2v) is 8.07. The third kappa shape index (κ3) is 5.51. The Bertz CT molecular complexity index is 1380. The number of aromatic nitrogens is 4. The number of hydrogen-bond acceptors (Lipinski definition) is 7. The smallest absolute Gasteiger partial charge is 0.260 e. The van der Waals surface area contributed by atoms with Crippen LogP contribution in [0.15, 0.2) is 53.7 Å². The number of halogens is 1. The third-order valence-corrected chi connectivity index (χ3v) is 5.62. The van der Waals surface area contributed by atoms with Crippen LogP contribution >= 0.6 is 11.6 Å². The number of aliphatic hydroxyl groups is 1. The number of hydrogen-bond donors (Lipinski definition) is 4. The highest BCUT2D eigenvalue weighted by atomic mass is 35.5. The summed E-state index contributed by atoms with van der Waals surface area (Å²) in [6, 6.07) is 10.1. The number of nitrogens with one attached hydrogen (secondary N) is 2. The van der Waals surface area contributed by atoms with Crippen molar-refractivity contribution in [1.29, 1.82) is 0 Å². The van der Waals surface area contributed by atoms with Crippen molar-refractivity contribution in [3.8, 4) is 11.3 Å². The molecule has 5 N–H and O–H groups in total. The molecule has 0 fully saturated rings. The highest BCUT2D eigenvalue weighted by Crippen LogP contribution is 2.28. The van der Waals surface area contributed by atoms with Crippen molar-refractivity contribution < 1.29 is 14.6 Å². The number of ether oxygens (including phenoxy) is 1. The average Bonchev–Trinajstić information content (AvgIpc) is 3.19. The van der Waals surface area contributed by atoms with E-state index >= 15 is 0 Å². The van der Waals surface area contributed by atoms with Crippen LogP contribution in [0.3, 0.4) is 0 Å². The summed E-state index contributed by atoms with van der Waals surface area (Å²) in [5, 5.41) is 17.8. The molecule has 0 saturated carbocycles. The Balaban J connectivity index is 0.00000342. The van der Waals surface area contributed by atoms with E-state index in [0.29, 0.717) is 27.4 Å². The fraction of sp³-hybridized carbons (Fsp3) is 0.250. The minimum atomic E-state index is -0.779. The molecule has 0 aliphatic rings. The summed E-state index contributed by atoms with van der Waals surface area (Å²) in [4.78, 5) is 31.7. The molecule has 1 aromatic carbocycles. The fourth-order valence-electron chi connectivity index (χ4n) is 3.69. The van der Waals surface area contributed by atoms with Gasteiger partial charge in [0.2, 0.25) is 0 Å². The van der Waals surface area contributed by atoms with E-state index in [1.54, 1.807) is 35.9 Å². The number of nitrogen functional groups attached to an aromatic ring is 1. The van der Waals surface area contributed by atoms with Gasteiger partial charge in [0.1, 0.15) is 17.4 Å². The molecule has 1 atom stereocenters. The third-order valence-electron chi connectivity index (χ3n) is 5.36. The lowest BCUT2D eigenvalue weighted by molar-refractivity contribution is 0.0941. The zero-order chi connectivity index (χ0) is 24.2. The highest BCUT2D eigenvalue weighted by Gasteiger charge is 2.18. The number of carbonyl (C=O) groups excluding carboxylic acids is 1. The van der Waals surface area contributed by atoms with Gasteiger partial charge in [-0.2, -0.15) is 5.10 Å². The number of nitrogens with zero attached hydrogens (tertiary/aromatic N) is 3. The monoisotopic (exact) mass is 498 g/mol. The lowest BCUT2D eigenvalue weighted by Gasteiger charge is -2.12. The molecule has 10 nitrogen and oxygen atoms in total. The van der Waals surface area contributed by atoms with Gasteiger partial charge in [-0.1, -0.05) is 31.2 Å². The summed E-state index contributed by atoms with van der Waals surface area (Å²) in [6.45, 7) is 0.454. The number of methoxy groups -OCH3 is 1. The first-order valence-electron chi connectivity index (χ1n) is 10.4. The normalized spacial score (nSPS) is 11.7. The zero-order valence-electron chi connectivity index (χ0n) is 18.3. The molecule has 184 valence electrons. The standard InChI is InChI=1S/C23H23ClN6O4.CH4/c1-34-11-15-9-18(30-20(15)21(25)28-12-29-30)14-8-17(23(33)27-10-14)22(32)26-7-6-19(31)13-2-4-16(24)5-3-13;/h2-5,8-10,12,19,31H,6-7,11H2,1H3,(H,26,32)(H,27,33)(H2,25,28,29);1H4/t19-;/m0./s1. The number of anilines is 1. The molecule has 0 bridgehead atoms. The maximum atomic E-state index is 12.7. The first kappa shape index (κ1) is 25.9. The van der Waals surface area contributed by atoms with Gasteiger partial charge in [-0.15, -0.1) is 0 Å². The predicted molar refractivity (Wildman–Crippen MR) is 134 cm³/mol. The summed E-state index contributed by atoms with van der Waals surface area (Å²) >= 11 is 5.87. The number of aromatic amines is 1. The van der Waals surface area contributed by atoms with Gasteiger partial charge in [-0.25, -0.2) is 9.50 Å². The van der Waals surface area contributed by atoms with E-state index in [2.05, 4.69) is 20.4 Å². The number of aliphatic hydroxyl groups excluding tert-OH is 1. The van der Waals surface area contributed by atoms with Crippen LogP contribution in [-0.2, 0) is 11.3 Å². The first-order chi connectivity index (χ1) is 16.4.